The molecule has 1 saturated carbocycles. The van der Waals surface area contributed by atoms with Crippen LogP contribution in [0.3, 0.4) is 0 Å². The first-order valence-corrected chi connectivity index (χ1v) is 11.5. The molecule has 9 nitrogen and oxygen atoms in total. The second-order valence-corrected chi connectivity index (χ2v) is 8.33. The molecule has 1 aromatic heterocycles. The summed E-state index contributed by atoms with van der Waals surface area (Å²) >= 11 is 0. The molecule has 0 saturated heterocycles. The molecule has 0 spiro atoms. The number of esters is 1. The molecule has 2 aliphatic rings. The number of carbonyl (C=O) groups is 2. The van der Waals surface area contributed by atoms with Gasteiger partial charge in [-0.05, 0) is 44.4 Å². The van der Waals surface area contributed by atoms with E-state index in [4.69, 9.17) is 14.5 Å². The number of rotatable bonds is 7. The molecule has 1 fully saturated rings. The number of benzene rings is 1. The van der Waals surface area contributed by atoms with Gasteiger partial charge in [0.15, 0.2) is 5.82 Å². The summed E-state index contributed by atoms with van der Waals surface area (Å²) in [6, 6.07) is 5.11. The highest BCUT2D eigenvalue weighted by Gasteiger charge is 2.41. The average Bonchev–Trinajstić information content (AvgIpc) is 3.36. The van der Waals surface area contributed by atoms with Crippen LogP contribution in [0.2, 0.25) is 0 Å². The molecule has 1 atom stereocenters. The largest absolute Gasteiger partial charge is 0.495 e. The maximum atomic E-state index is 13.0. The fourth-order valence-corrected chi connectivity index (χ4v) is 4.70. The van der Waals surface area contributed by atoms with Crippen LogP contribution in [0.25, 0.3) is 0 Å². The lowest BCUT2D eigenvalue weighted by atomic mass is 10.0. The smallest absolute Gasteiger partial charge is 0.338 e. The van der Waals surface area contributed by atoms with Crippen molar-refractivity contribution in [3.63, 3.8) is 0 Å². The number of nitrogens with one attached hydrogen (secondary N) is 1. The summed E-state index contributed by atoms with van der Waals surface area (Å²) in [5.41, 5.74) is 1.75. The van der Waals surface area contributed by atoms with Gasteiger partial charge in [-0.3, -0.25) is 4.79 Å². The Labute approximate surface area is 194 Å². The van der Waals surface area contributed by atoms with E-state index in [0.717, 1.165) is 37.9 Å². The summed E-state index contributed by atoms with van der Waals surface area (Å²) in [5.74, 6) is 1.33. The summed E-state index contributed by atoms with van der Waals surface area (Å²) in [5, 5.41) is 3.21. The molecule has 9 heteroatoms. The molecule has 4 rings (SSSR count). The minimum absolute atomic E-state index is 0.0810. The van der Waals surface area contributed by atoms with E-state index in [0.29, 0.717) is 41.3 Å². The summed E-state index contributed by atoms with van der Waals surface area (Å²) in [6.07, 6.45) is 6.85. The number of aromatic nitrogens is 2. The highest BCUT2D eigenvalue weighted by Crippen LogP contribution is 2.40. The van der Waals surface area contributed by atoms with Gasteiger partial charge in [-0.2, -0.15) is 4.98 Å². The second-order valence-electron chi connectivity index (χ2n) is 8.33. The minimum Gasteiger partial charge on any atom is -0.495 e. The topological polar surface area (TPSA) is 96.9 Å². The maximum absolute atomic E-state index is 13.0. The van der Waals surface area contributed by atoms with Crippen LogP contribution in [0.4, 0.5) is 23.1 Å². The molecular formula is C24H31N5O4. The van der Waals surface area contributed by atoms with Crippen molar-refractivity contribution in [2.75, 3.05) is 35.9 Å². The number of ether oxygens (including phenoxy) is 2. The van der Waals surface area contributed by atoms with E-state index in [1.54, 1.807) is 43.3 Å². The lowest BCUT2D eigenvalue weighted by Crippen LogP contribution is -2.55. The number of fused-ring (bicyclic) bond motifs is 1. The van der Waals surface area contributed by atoms with Gasteiger partial charge in [0, 0.05) is 13.1 Å². The van der Waals surface area contributed by atoms with E-state index in [2.05, 4.69) is 15.2 Å². The Bertz CT molecular complexity index is 1040. The van der Waals surface area contributed by atoms with Crippen molar-refractivity contribution in [3.8, 4) is 5.75 Å². The second kappa shape index (κ2) is 9.64. The number of methoxy groups -OCH3 is 1. The Morgan fingerprint density at radius 3 is 2.67 bits per heavy atom. The SMILES string of the molecule is CCOC(=O)c1ccc(Nc2ncc3c(n2)N(C2CCCC2)[C@H](CC)C(=O)N3C)c(OC)c1. The van der Waals surface area contributed by atoms with Crippen LogP contribution in [0.1, 0.15) is 56.3 Å². The zero-order valence-electron chi connectivity index (χ0n) is 19.6. The summed E-state index contributed by atoms with van der Waals surface area (Å²) in [6.45, 7) is 4.11. The van der Waals surface area contributed by atoms with Gasteiger partial charge >= 0.3 is 5.97 Å². The van der Waals surface area contributed by atoms with Crippen molar-refractivity contribution < 1.29 is 19.1 Å². The van der Waals surface area contributed by atoms with Crippen LogP contribution in [0.15, 0.2) is 24.4 Å². The zero-order valence-corrected chi connectivity index (χ0v) is 19.6. The number of nitrogens with zero attached hydrogens (tertiary/aromatic N) is 4. The molecule has 176 valence electrons. The number of hydrogen-bond acceptors (Lipinski definition) is 8. The maximum Gasteiger partial charge on any atom is 0.338 e. The standard InChI is InChI=1S/C24H31N5O4/c1-5-18-22(30)28(3)19-14-25-24(27-21(19)29(18)16-9-7-8-10-16)26-17-12-11-15(13-20(17)32-4)23(31)33-6-2/h11-14,16,18H,5-10H2,1-4H3,(H,25,26,27)/t18-/m1/s1. The molecule has 33 heavy (non-hydrogen) atoms. The Morgan fingerprint density at radius 1 is 1.24 bits per heavy atom. The Balaban J connectivity index is 1.68. The number of carbonyl (C=O) groups excluding carboxylic acids is 2. The molecule has 1 amide bonds. The normalized spacial score (nSPS) is 18.3. The quantitative estimate of drug-likeness (QED) is 0.631. The first-order valence-electron chi connectivity index (χ1n) is 11.5. The van der Waals surface area contributed by atoms with Gasteiger partial charge < -0.3 is 24.6 Å². The first kappa shape index (κ1) is 22.8. The Morgan fingerprint density at radius 2 is 2.00 bits per heavy atom. The summed E-state index contributed by atoms with van der Waals surface area (Å²) < 4.78 is 10.5. The molecule has 1 aromatic carbocycles. The highest BCUT2D eigenvalue weighted by atomic mass is 16.5. The Kier molecular flexibility index (Phi) is 6.67. The van der Waals surface area contributed by atoms with Gasteiger partial charge in [0.05, 0.1) is 31.2 Å². The van der Waals surface area contributed by atoms with Gasteiger partial charge in [-0.15, -0.1) is 0 Å². The molecule has 1 aliphatic heterocycles. The van der Waals surface area contributed by atoms with Crippen molar-refractivity contribution in [2.45, 2.75) is 58.0 Å². The van der Waals surface area contributed by atoms with E-state index in [1.807, 2.05) is 6.92 Å². The highest BCUT2D eigenvalue weighted by molar-refractivity contribution is 6.04. The van der Waals surface area contributed by atoms with Crippen molar-refractivity contribution in [2.24, 2.45) is 0 Å². The predicted molar refractivity (Wildman–Crippen MR) is 126 cm³/mol. The molecule has 1 N–H and O–H groups in total. The monoisotopic (exact) mass is 453 g/mol. The van der Waals surface area contributed by atoms with E-state index in [1.165, 1.54) is 7.11 Å². The van der Waals surface area contributed by atoms with Gasteiger partial charge in [-0.1, -0.05) is 19.8 Å². The van der Waals surface area contributed by atoms with Crippen LogP contribution in [0, 0.1) is 0 Å². The van der Waals surface area contributed by atoms with Crippen molar-refractivity contribution in [3.05, 3.63) is 30.0 Å². The molecule has 0 unspecified atom stereocenters. The zero-order chi connectivity index (χ0) is 23.5. The molecule has 1 aliphatic carbocycles. The number of anilines is 4. The molecule has 0 bridgehead atoms. The predicted octanol–water partition coefficient (Wildman–Crippen LogP) is 3.91. The van der Waals surface area contributed by atoms with Crippen molar-refractivity contribution in [1.29, 1.82) is 0 Å². The summed E-state index contributed by atoms with van der Waals surface area (Å²) in [4.78, 5) is 38.3. The lowest BCUT2D eigenvalue weighted by Gasteiger charge is -2.43. The van der Waals surface area contributed by atoms with Crippen LogP contribution >= 0.6 is 0 Å². The Hall–Kier alpha value is -3.36. The van der Waals surface area contributed by atoms with Crippen molar-refractivity contribution >= 4 is 35.0 Å². The van der Waals surface area contributed by atoms with Gasteiger partial charge in [0.25, 0.3) is 0 Å². The van der Waals surface area contributed by atoms with Crippen molar-refractivity contribution in [1.82, 2.24) is 9.97 Å². The summed E-state index contributed by atoms with van der Waals surface area (Å²) in [7, 11) is 3.32. The fraction of sp³-hybridized carbons (Fsp3) is 0.500. The van der Waals surface area contributed by atoms with Gasteiger partial charge in [0.1, 0.15) is 17.5 Å². The molecule has 0 radical (unpaired) electrons. The third-order valence-electron chi connectivity index (χ3n) is 6.37. The minimum atomic E-state index is -0.405. The van der Waals surface area contributed by atoms with E-state index >= 15 is 0 Å². The lowest BCUT2D eigenvalue weighted by molar-refractivity contribution is -0.120. The van der Waals surface area contributed by atoms with Gasteiger partial charge in [0.2, 0.25) is 11.9 Å². The van der Waals surface area contributed by atoms with E-state index in [-0.39, 0.29) is 11.9 Å². The van der Waals surface area contributed by atoms with Crippen LogP contribution in [-0.4, -0.2) is 54.7 Å². The first-order chi connectivity index (χ1) is 16.0. The number of hydrogen-bond donors (Lipinski definition) is 1. The fourth-order valence-electron chi connectivity index (χ4n) is 4.70. The van der Waals surface area contributed by atoms with E-state index in [9.17, 15) is 9.59 Å². The van der Waals surface area contributed by atoms with Crippen LogP contribution < -0.4 is 19.9 Å². The van der Waals surface area contributed by atoms with Gasteiger partial charge in [-0.25, -0.2) is 9.78 Å². The molecule has 2 aromatic rings. The third-order valence-corrected chi connectivity index (χ3v) is 6.37. The molecular weight excluding hydrogens is 422 g/mol. The number of amides is 1. The number of likely N-dealkylation sites (N-methyl/N-ethyl adjacent to an activating group) is 1. The van der Waals surface area contributed by atoms with E-state index < -0.39 is 5.97 Å². The molecule has 2 heterocycles. The third kappa shape index (κ3) is 4.31. The average molecular weight is 454 g/mol. The van der Waals surface area contributed by atoms with Crippen LogP contribution in [-0.2, 0) is 9.53 Å². The van der Waals surface area contributed by atoms with Crippen LogP contribution in [0.5, 0.6) is 5.75 Å².